The summed E-state index contributed by atoms with van der Waals surface area (Å²) >= 11 is 0. The zero-order valence-corrected chi connectivity index (χ0v) is 30.2. The Bertz CT molecular complexity index is 582. The smallest absolute Gasteiger partial charge is 0.306 e. The van der Waals surface area contributed by atoms with Crippen molar-refractivity contribution in [3.05, 3.63) is 0 Å². The lowest BCUT2D eigenvalue weighted by atomic mass is 10.1. The first-order valence-electron chi connectivity index (χ1n) is 19.3. The molecule has 0 aromatic rings. The number of ether oxygens (including phenoxy) is 2. The average molecular weight is 625 g/mol. The van der Waals surface area contributed by atoms with Crippen LogP contribution in [0.4, 0.5) is 0 Å². The van der Waals surface area contributed by atoms with E-state index >= 15 is 0 Å². The Kier molecular flexibility index (Phi) is 32.4. The van der Waals surface area contributed by atoms with E-state index < -0.39 is 0 Å². The van der Waals surface area contributed by atoms with Crippen LogP contribution in [0.3, 0.4) is 0 Å². The van der Waals surface area contributed by atoms with Crippen molar-refractivity contribution in [1.29, 1.82) is 0 Å². The number of nitrogens with zero attached hydrogens (tertiary/aromatic N) is 1. The molecule has 1 N–H and O–H groups in total. The molecule has 44 heavy (non-hydrogen) atoms. The molecular formula is C38H76N2O4. The van der Waals surface area contributed by atoms with Gasteiger partial charge in [-0.05, 0) is 104 Å². The van der Waals surface area contributed by atoms with Gasteiger partial charge in [-0.1, -0.05) is 105 Å². The van der Waals surface area contributed by atoms with E-state index in [-0.39, 0.29) is 24.1 Å². The van der Waals surface area contributed by atoms with Gasteiger partial charge in [-0.2, -0.15) is 0 Å². The highest BCUT2D eigenvalue weighted by Gasteiger charge is 2.13. The fraction of sp³-hybridized carbons (Fsp3) is 0.947. The van der Waals surface area contributed by atoms with Gasteiger partial charge in [0.05, 0.1) is 0 Å². The molecule has 0 aromatic heterocycles. The van der Waals surface area contributed by atoms with E-state index in [0.717, 1.165) is 70.8 Å². The fourth-order valence-corrected chi connectivity index (χ4v) is 5.86. The summed E-state index contributed by atoms with van der Waals surface area (Å²) in [6.07, 6.45) is 27.9. The van der Waals surface area contributed by atoms with E-state index in [1.165, 1.54) is 103 Å². The summed E-state index contributed by atoms with van der Waals surface area (Å²) in [5.74, 6) is 0.00714. The van der Waals surface area contributed by atoms with Crippen molar-refractivity contribution in [3.63, 3.8) is 0 Å². The van der Waals surface area contributed by atoms with Crippen LogP contribution in [-0.4, -0.2) is 62.3 Å². The number of rotatable bonds is 34. The summed E-state index contributed by atoms with van der Waals surface area (Å²) in [6.45, 7) is 13.3. The van der Waals surface area contributed by atoms with E-state index in [4.69, 9.17) is 9.47 Å². The van der Waals surface area contributed by atoms with E-state index in [2.05, 4.69) is 37.9 Å². The van der Waals surface area contributed by atoms with Crippen LogP contribution >= 0.6 is 0 Å². The molecule has 262 valence electrons. The molecule has 6 nitrogen and oxygen atoms in total. The van der Waals surface area contributed by atoms with Gasteiger partial charge in [0.25, 0.3) is 0 Å². The van der Waals surface area contributed by atoms with Gasteiger partial charge < -0.3 is 19.7 Å². The molecule has 0 saturated heterocycles. The maximum Gasteiger partial charge on any atom is 0.306 e. The van der Waals surface area contributed by atoms with Gasteiger partial charge in [-0.15, -0.1) is 0 Å². The van der Waals surface area contributed by atoms with Crippen molar-refractivity contribution >= 4 is 11.9 Å². The SMILES string of the molecule is CCCCCC(CC)OC(=O)CCCCCCCCN(CCCCCCCCC(=O)OC(CC)CCCCC)CCCNC. The van der Waals surface area contributed by atoms with Gasteiger partial charge in [0.2, 0.25) is 0 Å². The molecule has 0 aliphatic rings. The number of carbonyl (C=O) groups excluding carboxylic acids is 2. The standard InChI is InChI=1S/C38H76N2O4/c1-6-10-20-27-35(8-3)43-37(41)29-22-16-12-14-18-24-32-40(34-26-31-39-5)33-25-19-15-13-17-23-30-38(42)44-36(9-4)28-21-11-7-2/h35-36,39H,6-34H2,1-5H3. The second-order valence-electron chi connectivity index (χ2n) is 13.1. The van der Waals surface area contributed by atoms with Gasteiger partial charge in [-0.3, -0.25) is 9.59 Å². The lowest BCUT2D eigenvalue weighted by Gasteiger charge is -2.22. The number of carbonyl (C=O) groups is 2. The van der Waals surface area contributed by atoms with Crippen LogP contribution in [0.1, 0.15) is 188 Å². The Labute approximate surface area is 274 Å². The monoisotopic (exact) mass is 625 g/mol. The van der Waals surface area contributed by atoms with Crippen molar-refractivity contribution in [2.45, 2.75) is 200 Å². The molecule has 0 aliphatic carbocycles. The maximum atomic E-state index is 12.2. The molecule has 2 unspecified atom stereocenters. The zero-order valence-electron chi connectivity index (χ0n) is 30.2. The number of hydrogen-bond acceptors (Lipinski definition) is 6. The molecule has 0 aliphatic heterocycles. The van der Waals surface area contributed by atoms with Crippen molar-refractivity contribution in [1.82, 2.24) is 10.2 Å². The first-order valence-corrected chi connectivity index (χ1v) is 19.3. The van der Waals surface area contributed by atoms with Gasteiger partial charge in [0.1, 0.15) is 12.2 Å². The summed E-state index contributed by atoms with van der Waals surface area (Å²) in [5.41, 5.74) is 0. The molecule has 0 aromatic carbocycles. The number of nitrogens with one attached hydrogen (secondary N) is 1. The third-order valence-corrected chi connectivity index (χ3v) is 8.88. The van der Waals surface area contributed by atoms with Crippen LogP contribution in [-0.2, 0) is 19.1 Å². The molecule has 0 rings (SSSR count). The molecule has 0 fully saturated rings. The van der Waals surface area contributed by atoms with Crippen LogP contribution in [0, 0.1) is 0 Å². The van der Waals surface area contributed by atoms with Crippen LogP contribution in [0.5, 0.6) is 0 Å². The van der Waals surface area contributed by atoms with Crippen LogP contribution < -0.4 is 5.32 Å². The fourth-order valence-electron chi connectivity index (χ4n) is 5.86. The predicted molar refractivity (Wildman–Crippen MR) is 188 cm³/mol. The van der Waals surface area contributed by atoms with Crippen LogP contribution in [0.25, 0.3) is 0 Å². The highest BCUT2D eigenvalue weighted by Crippen LogP contribution is 2.15. The summed E-state index contributed by atoms with van der Waals surface area (Å²) in [6, 6.07) is 0. The maximum absolute atomic E-state index is 12.2. The number of unbranched alkanes of at least 4 members (excludes halogenated alkanes) is 14. The van der Waals surface area contributed by atoms with Gasteiger partial charge in [-0.25, -0.2) is 0 Å². The van der Waals surface area contributed by atoms with Crippen LogP contribution in [0.2, 0.25) is 0 Å². The first kappa shape index (κ1) is 42.9. The summed E-state index contributed by atoms with van der Waals surface area (Å²) in [4.78, 5) is 27.0. The second-order valence-corrected chi connectivity index (χ2v) is 13.1. The van der Waals surface area contributed by atoms with Crippen molar-refractivity contribution in [3.8, 4) is 0 Å². The van der Waals surface area contributed by atoms with Crippen LogP contribution in [0.15, 0.2) is 0 Å². The molecule has 0 amide bonds. The van der Waals surface area contributed by atoms with E-state index in [1.807, 2.05) is 7.05 Å². The molecule has 0 bridgehead atoms. The lowest BCUT2D eigenvalue weighted by molar-refractivity contribution is -0.150. The molecule has 0 radical (unpaired) electrons. The third-order valence-electron chi connectivity index (χ3n) is 8.88. The van der Waals surface area contributed by atoms with Crippen molar-refractivity contribution in [2.24, 2.45) is 0 Å². The third kappa shape index (κ3) is 28.3. The minimum Gasteiger partial charge on any atom is -0.462 e. The van der Waals surface area contributed by atoms with Gasteiger partial charge in [0.15, 0.2) is 0 Å². The number of hydrogen-bond donors (Lipinski definition) is 1. The topological polar surface area (TPSA) is 67.9 Å². The summed E-state index contributed by atoms with van der Waals surface area (Å²) in [7, 11) is 2.04. The Morgan fingerprint density at radius 1 is 0.523 bits per heavy atom. The highest BCUT2D eigenvalue weighted by atomic mass is 16.5. The van der Waals surface area contributed by atoms with Gasteiger partial charge in [0, 0.05) is 12.8 Å². The highest BCUT2D eigenvalue weighted by molar-refractivity contribution is 5.69. The summed E-state index contributed by atoms with van der Waals surface area (Å²) < 4.78 is 11.4. The molecule has 0 heterocycles. The molecule has 0 spiro atoms. The molecular weight excluding hydrogens is 548 g/mol. The summed E-state index contributed by atoms with van der Waals surface area (Å²) in [5, 5.41) is 3.29. The Morgan fingerprint density at radius 2 is 0.909 bits per heavy atom. The second kappa shape index (κ2) is 33.2. The normalized spacial score (nSPS) is 12.9. The lowest BCUT2D eigenvalue weighted by Crippen LogP contribution is -2.29. The minimum absolute atomic E-state index is 0.00357. The van der Waals surface area contributed by atoms with Crippen molar-refractivity contribution in [2.75, 3.05) is 33.2 Å². The molecule has 6 heteroatoms. The predicted octanol–water partition coefficient (Wildman–Crippen LogP) is 10.2. The first-order chi connectivity index (χ1) is 21.5. The van der Waals surface area contributed by atoms with E-state index in [1.54, 1.807) is 0 Å². The number of esters is 2. The van der Waals surface area contributed by atoms with Crippen molar-refractivity contribution < 1.29 is 19.1 Å². The zero-order chi connectivity index (χ0) is 32.5. The minimum atomic E-state index is 0.00357. The molecule has 2 atom stereocenters. The Hall–Kier alpha value is -1.14. The Morgan fingerprint density at radius 3 is 1.30 bits per heavy atom. The van der Waals surface area contributed by atoms with Gasteiger partial charge >= 0.3 is 11.9 Å². The molecule has 0 saturated carbocycles. The largest absolute Gasteiger partial charge is 0.462 e. The Balaban J connectivity index is 3.92. The quantitative estimate of drug-likeness (QED) is 0.0567. The average Bonchev–Trinajstić information content (AvgIpc) is 3.02. The van der Waals surface area contributed by atoms with E-state index in [9.17, 15) is 9.59 Å². The van der Waals surface area contributed by atoms with E-state index in [0.29, 0.717) is 12.8 Å².